The van der Waals surface area contributed by atoms with E-state index in [9.17, 15) is 9.90 Å². The van der Waals surface area contributed by atoms with Crippen LogP contribution in [-0.4, -0.2) is 22.3 Å². The summed E-state index contributed by atoms with van der Waals surface area (Å²) in [4.78, 5) is 11.2. The minimum Gasteiger partial charge on any atom is -0.393 e. The van der Waals surface area contributed by atoms with E-state index in [1.54, 1.807) is 0 Å². The fraction of sp³-hybridized carbons (Fsp3) is 0.875. The van der Waals surface area contributed by atoms with Crippen molar-refractivity contribution in [3.63, 3.8) is 0 Å². The molecule has 0 saturated heterocycles. The number of aliphatic hydroxyl groups excluding tert-OH is 1. The van der Waals surface area contributed by atoms with Crippen LogP contribution in [0.1, 0.15) is 25.7 Å². The van der Waals surface area contributed by atoms with E-state index in [1.165, 1.54) is 0 Å². The van der Waals surface area contributed by atoms with Gasteiger partial charge in [0.2, 0.25) is 0 Å². The SMILES string of the molecule is O=C(CBr)[C@H]1CCC[C@@H](O)C1. The van der Waals surface area contributed by atoms with Crippen LogP contribution in [0.3, 0.4) is 0 Å². The summed E-state index contributed by atoms with van der Waals surface area (Å²) < 4.78 is 0. The number of carbonyl (C=O) groups excluding carboxylic acids is 1. The van der Waals surface area contributed by atoms with E-state index in [0.717, 1.165) is 19.3 Å². The summed E-state index contributed by atoms with van der Waals surface area (Å²) in [5.74, 6) is 0.349. The second kappa shape index (κ2) is 4.21. The van der Waals surface area contributed by atoms with Gasteiger partial charge in [-0.3, -0.25) is 4.79 Å². The van der Waals surface area contributed by atoms with E-state index in [2.05, 4.69) is 15.9 Å². The van der Waals surface area contributed by atoms with Crippen LogP contribution >= 0.6 is 15.9 Å². The molecule has 0 radical (unpaired) electrons. The van der Waals surface area contributed by atoms with Gasteiger partial charge in [-0.2, -0.15) is 0 Å². The fourth-order valence-electron chi connectivity index (χ4n) is 1.57. The van der Waals surface area contributed by atoms with Crippen LogP contribution in [-0.2, 0) is 4.79 Å². The number of hydrogen-bond acceptors (Lipinski definition) is 2. The van der Waals surface area contributed by atoms with Crippen molar-refractivity contribution in [3.05, 3.63) is 0 Å². The quantitative estimate of drug-likeness (QED) is 0.717. The van der Waals surface area contributed by atoms with Crippen molar-refractivity contribution >= 4 is 21.7 Å². The molecule has 11 heavy (non-hydrogen) atoms. The standard InChI is InChI=1S/C8H13BrO2/c9-5-8(11)6-2-1-3-7(10)4-6/h6-7,10H,1-5H2/t6-,7+/m0/s1. The predicted octanol–water partition coefficient (Wildman–Crippen LogP) is 1.50. The molecule has 0 bridgehead atoms. The predicted molar refractivity (Wildman–Crippen MR) is 46.8 cm³/mol. The van der Waals surface area contributed by atoms with Crippen LogP contribution in [0.2, 0.25) is 0 Å². The van der Waals surface area contributed by atoms with Crippen molar-refractivity contribution in [3.8, 4) is 0 Å². The molecule has 0 heterocycles. The van der Waals surface area contributed by atoms with Crippen LogP contribution in [0.4, 0.5) is 0 Å². The lowest BCUT2D eigenvalue weighted by Crippen LogP contribution is -2.26. The Hall–Kier alpha value is 0.110. The van der Waals surface area contributed by atoms with Gasteiger partial charge in [-0.1, -0.05) is 22.4 Å². The summed E-state index contributed by atoms with van der Waals surface area (Å²) in [6, 6.07) is 0. The van der Waals surface area contributed by atoms with Gasteiger partial charge in [-0.15, -0.1) is 0 Å². The van der Waals surface area contributed by atoms with E-state index in [-0.39, 0.29) is 17.8 Å². The molecule has 0 aromatic heterocycles. The van der Waals surface area contributed by atoms with Gasteiger partial charge in [0.05, 0.1) is 11.4 Å². The molecule has 3 heteroatoms. The minimum atomic E-state index is -0.239. The van der Waals surface area contributed by atoms with E-state index < -0.39 is 0 Å². The van der Waals surface area contributed by atoms with Gasteiger partial charge in [0.15, 0.2) is 0 Å². The Kier molecular flexibility index (Phi) is 3.52. The molecule has 1 aliphatic rings. The Morgan fingerprint density at radius 3 is 2.82 bits per heavy atom. The lowest BCUT2D eigenvalue weighted by atomic mass is 9.85. The van der Waals surface area contributed by atoms with Gasteiger partial charge in [-0.05, 0) is 19.3 Å². The van der Waals surface area contributed by atoms with E-state index in [4.69, 9.17) is 0 Å². The zero-order chi connectivity index (χ0) is 8.27. The molecule has 0 spiro atoms. The molecule has 0 aromatic carbocycles. The van der Waals surface area contributed by atoms with E-state index in [1.807, 2.05) is 0 Å². The Morgan fingerprint density at radius 1 is 1.55 bits per heavy atom. The van der Waals surface area contributed by atoms with Gasteiger partial charge in [0, 0.05) is 5.92 Å². The summed E-state index contributed by atoms with van der Waals surface area (Å²) >= 11 is 3.14. The number of Topliss-reactive ketones (excluding diaryl/α,β-unsaturated/α-hetero) is 1. The zero-order valence-corrected chi connectivity index (χ0v) is 8.01. The maximum atomic E-state index is 11.2. The van der Waals surface area contributed by atoms with E-state index >= 15 is 0 Å². The highest BCUT2D eigenvalue weighted by Crippen LogP contribution is 2.25. The summed E-state index contributed by atoms with van der Waals surface area (Å²) in [5, 5.41) is 9.69. The number of halogens is 1. The minimum absolute atomic E-state index is 0.109. The summed E-state index contributed by atoms with van der Waals surface area (Å²) in [6.45, 7) is 0. The lowest BCUT2D eigenvalue weighted by Gasteiger charge is -2.23. The number of carbonyl (C=O) groups is 1. The highest BCUT2D eigenvalue weighted by atomic mass is 79.9. The molecule has 1 fully saturated rings. The molecule has 1 saturated carbocycles. The summed E-state index contributed by atoms with van der Waals surface area (Å²) in [7, 11) is 0. The first-order valence-corrected chi connectivity index (χ1v) is 5.13. The van der Waals surface area contributed by atoms with Crippen LogP contribution in [0.25, 0.3) is 0 Å². The number of ketones is 1. The number of hydrogen-bond donors (Lipinski definition) is 1. The van der Waals surface area contributed by atoms with Crippen LogP contribution in [0, 0.1) is 5.92 Å². The number of alkyl halides is 1. The van der Waals surface area contributed by atoms with Gasteiger partial charge < -0.3 is 5.11 Å². The third-order valence-corrected chi connectivity index (χ3v) is 2.79. The fourth-order valence-corrected chi connectivity index (χ4v) is 2.02. The molecule has 1 aliphatic carbocycles. The Labute approximate surface area is 75.1 Å². The van der Waals surface area contributed by atoms with Crippen LogP contribution < -0.4 is 0 Å². The van der Waals surface area contributed by atoms with Crippen molar-refractivity contribution in [2.45, 2.75) is 31.8 Å². The average Bonchev–Trinajstić information content (AvgIpc) is 2.03. The molecule has 2 atom stereocenters. The zero-order valence-electron chi connectivity index (χ0n) is 6.42. The highest BCUT2D eigenvalue weighted by Gasteiger charge is 2.24. The maximum Gasteiger partial charge on any atom is 0.146 e. The normalized spacial score (nSPS) is 31.8. The molecule has 0 aliphatic heterocycles. The monoisotopic (exact) mass is 220 g/mol. The van der Waals surface area contributed by atoms with Gasteiger partial charge in [-0.25, -0.2) is 0 Å². The first-order valence-electron chi connectivity index (χ1n) is 4.00. The first kappa shape index (κ1) is 9.20. The maximum absolute atomic E-state index is 11.2. The van der Waals surface area contributed by atoms with Crippen LogP contribution in [0.15, 0.2) is 0 Å². The van der Waals surface area contributed by atoms with Gasteiger partial charge in [0.1, 0.15) is 5.78 Å². The van der Waals surface area contributed by atoms with Crippen molar-refractivity contribution in [1.82, 2.24) is 0 Å². The Bertz CT molecular complexity index is 147. The molecule has 0 amide bonds. The third-order valence-electron chi connectivity index (χ3n) is 2.23. The van der Waals surface area contributed by atoms with E-state index in [0.29, 0.717) is 11.8 Å². The second-order valence-corrected chi connectivity index (χ2v) is 3.68. The van der Waals surface area contributed by atoms with Crippen molar-refractivity contribution in [2.24, 2.45) is 5.92 Å². The Morgan fingerprint density at radius 2 is 2.27 bits per heavy atom. The van der Waals surface area contributed by atoms with Crippen molar-refractivity contribution in [1.29, 1.82) is 0 Å². The molecule has 0 unspecified atom stereocenters. The van der Waals surface area contributed by atoms with Crippen molar-refractivity contribution < 1.29 is 9.90 Å². The molecular weight excluding hydrogens is 208 g/mol. The topological polar surface area (TPSA) is 37.3 Å². The smallest absolute Gasteiger partial charge is 0.146 e. The third kappa shape index (κ3) is 2.56. The van der Waals surface area contributed by atoms with Gasteiger partial charge in [0.25, 0.3) is 0 Å². The average molecular weight is 221 g/mol. The molecule has 2 nitrogen and oxygen atoms in total. The van der Waals surface area contributed by atoms with Crippen molar-refractivity contribution in [2.75, 3.05) is 5.33 Å². The lowest BCUT2D eigenvalue weighted by molar-refractivity contribution is -0.122. The molecule has 1 N–H and O–H groups in total. The van der Waals surface area contributed by atoms with Gasteiger partial charge >= 0.3 is 0 Å². The largest absolute Gasteiger partial charge is 0.393 e. The summed E-state index contributed by atoms with van der Waals surface area (Å²) in [5.41, 5.74) is 0. The highest BCUT2D eigenvalue weighted by molar-refractivity contribution is 9.09. The number of rotatable bonds is 2. The number of aliphatic hydroxyl groups is 1. The molecule has 0 aromatic rings. The first-order chi connectivity index (χ1) is 5.24. The Balaban J connectivity index is 2.39. The van der Waals surface area contributed by atoms with Crippen LogP contribution in [0.5, 0.6) is 0 Å². The molecule has 1 rings (SSSR count). The molecule has 64 valence electrons. The summed E-state index contributed by atoms with van der Waals surface area (Å²) in [6.07, 6.45) is 3.25. The second-order valence-electron chi connectivity index (χ2n) is 3.12. The molecular formula is C8H13BrO2.